The molecular formula is C61H83N13O21. The van der Waals surface area contributed by atoms with Crippen LogP contribution in [0.2, 0.25) is 0 Å². The lowest BCUT2D eigenvalue weighted by atomic mass is 10.0. The van der Waals surface area contributed by atoms with Crippen LogP contribution in [0.3, 0.4) is 0 Å². The summed E-state index contributed by atoms with van der Waals surface area (Å²) in [5.41, 5.74) is 7.17. The number of carboxylic acid groups (broad SMARTS) is 1. The third-order valence-electron chi connectivity index (χ3n) is 14.9. The van der Waals surface area contributed by atoms with Gasteiger partial charge in [-0.3, -0.25) is 67.1 Å². The number of benzene rings is 3. The third kappa shape index (κ3) is 24.3. The van der Waals surface area contributed by atoms with Crippen LogP contribution in [-0.2, 0) is 86.4 Å². The van der Waals surface area contributed by atoms with E-state index in [0.717, 1.165) is 25.7 Å². The minimum Gasteiger partial charge on any atom is -0.508 e. The lowest BCUT2D eigenvalue weighted by molar-refractivity contribution is -0.145. The van der Waals surface area contributed by atoms with E-state index < -0.39 is 187 Å². The van der Waals surface area contributed by atoms with Crippen LogP contribution in [-0.4, -0.2) is 228 Å². The molecule has 14 atom stereocenters. The fourth-order valence-electron chi connectivity index (χ4n) is 9.59. The Kier molecular flexibility index (Phi) is 29.9. The zero-order valence-corrected chi connectivity index (χ0v) is 52.8. The van der Waals surface area contributed by atoms with Crippen LogP contribution in [0.1, 0.15) is 77.5 Å². The predicted molar refractivity (Wildman–Crippen MR) is 331 cm³/mol. The van der Waals surface area contributed by atoms with Gasteiger partial charge in [0.05, 0.1) is 31.8 Å². The second kappa shape index (κ2) is 36.8. The molecule has 1 heterocycles. The molecule has 34 nitrogen and oxygen atoms in total. The summed E-state index contributed by atoms with van der Waals surface area (Å²) < 4.78 is 0. The second-order valence-electron chi connectivity index (χ2n) is 22.7. The smallest absolute Gasteiger partial charge is 0.305 e. The van der Waals surface area contributed by atoms with E-state index in [2.05, 4.69) is 47.9 Å². The Labute approximate surface area is 544 Å². The highest BCUT2D eigenvalue weighted by molar-refractivity contribution is 6.00. The minimum atomic E-state index is -2.13. The maximum Gasteiger partial charge on any atom is 0.305 e. The number of carbonyl (C=O) groups excluding carboxylic acids is 13. The number of rotatable bonds is 35. The van der Waals surface area contributed by atoms with Gasteiger partial charge < -0.3 is 105 Å². The van der Waals surface area contributed by atoms with E-state index in [0.29, 0.717) is 16.7 Å². The van der Waals surface area contributed by atoms with Crippen LogP contribution in [0.15, 0.2) is 78.9 Å². The number of carbonyl (C=O) groups is 14. The quantitative estimate of drug-likeness (QED) is 0.0260. The number of aliphatic hydroxyl groups excluding tert-OH is 4. The van der Waals surface area contributed by atoms with Crippen molar-refractivity contribution < 1.29 is 103 Å². The molecule has 0 spiro atoms. The molecule has 1 saturated heterocycles. The zero-order chi connectivity index (χ0) is 71.0. The first-order valence-corrected chi connectivity index (χ1v) is 30.0. The van der Waals surface area contributed by atoms with Crippen molar-refractivity contribution >= 4 is 82.8 Å². The molecule has 0 saturated carbocycles. The third-order valence-corrected chi connectivity index (χ3v) is 14.9. The molecule has 518 valence electrons. The van der Waals surface area contributed by atoms with Crippen LogP contribution in [0.5, 0.6) is 11.5 Å². The molecule has 0 aromatic heterocycles. The highest BCUT2D eigenvalue weighted by atomic mass is 16.4. The Morgan fingerprint density at radius 2 is 0.842 bits per heavy atom. The van der Waals surface area contributed by atoms with E-state index in [9.17, 15) is 103 Å². The van der Waals surface area contributed by atoms with Gasteiger partial charge >= 0.3 is 5.97 Å². The Hall–Kier alpha value is -10.3. The van der Waals surface area contributed by atoms with Gasteiger partial charge in [-0.15, -0.1) is 0 Å². The molecule has 0 aliphatic carbocycles. The molecule has 95 heavy (non-hydrogen) atoms. The standard InChI is InChI=1S/C61H83N13O21/c1-29(51(85)63-30(2)53(87)68-42(24-35-11-8-7-9-12-35)54(88)64-31(3)52(86)67-40(50(62)84)23-36-14-18-38(80)19-15-36)65-59(93)46-13-10-22-74(46)61(95)49(33(5)78)73-60(94)48(32(4)77)72-56(90)43(26-47(82)83)69-57(91)44(27-75)71-58(92)45(28-76)70-55(89)41(66-34(6)79)25-37-16-20-39(81)21-17-37/h7-9,11-12,14-21,29-33,40-46,48-49,75-78,80-81H,10,13,22-28H2,1-6H3,(H2,62,84)(H,63,85)(H,64,88)(H,65,93)(H,66,79)(H,67,86)(H,68,87)(H,69,91)(H,70,89)(H,71,92)(H,72,90)(H,73,94)(H,82,83)/t29-,30-,31-,32+,33+,40-,41-,42-,43-,44-,45-,46-,48-,49-/m0/s1. The molecule has 3 aromatic carbocycles. The number of hydrogen-bond acceptors (Lipinski definition) is 20. The van der Waals surface area contributed by atoms with Crippen molar-refractivity contribution in [3.8, 4) is 11.5 Å². The summed E-state index contributed by atoms with van der Waals surface area (Å²) in [6.45, 7) is 4.64. The van der Waals surface area contributed by atoms with Gasteiger partial charge in [0.1, 0.15) is 84.0 Å². The predicted octanol–water partition coefficient (Wildman–Crippen LogP) is -6.76. The zero-order valence-electron chi connectivity index (χ0n) is 52.8. The second-order valence-corrected chi connectivity index (χ2v) is 22.7. The van der Waals surface area contributed by atoms with E-state index in [4.69, 9.17) is 5.73 Å². The summed E-state index contributed by atoms with van der Waals surface area (Å²) in [5.74, 6) is -15.1. The van der Waals surface area contributed by atoms with Gasteiger partial charge in [0, 0.05) is 32.7 Å². The monoisotopic (exact) mass is 1330 g/mol. The number of primary amides is 1. The van der Waals surface area contributed by atoms with E-state index >= 15 is 0 Å². The lowest BCUT2D eigenvalue weighted by Crippen LogP contribution is -2.63. The van der Waals surface area contributed by atoms with Crippen LogP contribution in [0.4, 0.5) is 0 Å². The number of phenols is 2. The van der Waals surface area contributed by atoms with Gasteiger partial charge in [0.15, 0.2) is 0 Å². The number of nitrogens with zero attached hydrogens (tertiary/aromatic N) is 1. The number of hydrogen-bond donors (Lipinski definition) is 19. The van der Waals surface area contributed by atoms with Gasteiger partial charge in [-0.2, -0.15) is 0 Å². The van der Waals surface area contributed by atoms with Crippen LogP contribution in [0, 0.1) is 0 Å². The van der Waals surface area contributed by atoms with E-state index in [1.807, 2.05) is 10.6 Å². The number of nitrogens with one attached hydrogen (secondary N) is 11. The highest BCUT2D eigenvalue weighted by Gasteiger charge is 2.42. The Bertz CT molecular complexity index is 3230. The molecular weight excluding hydrogens is 1250 g/mol. The average molecular weight is 1330 g/mol. The molecule has 1 aliphatic rings. The number of likely N-dealkylation sites (tertiary alicyclic amines) is 1. The van der Waals surface area contributed by atoms with Crippen LogP contribution < -0.4 is 64.2 Å². The number of aliphatic hydroxyl groups is 4. The fraction of sp³-hybridized carbons (Fsp3) is 0.475. The van der Waals surface area contributed by atoms with Gasteiger partial charge in [0.25, 0.3) is 0 Å². The van der Waals surface area contributed by atoms with Crippen molar-refractivity contribution in [2.24, 2.45) is 5.73 Å². The largest absolute Gasteiger partial charge is 0.508 e. The molecule has 0 bridgehead atoms. The molecule has 13 amide bonds. The van der Waals surface area contributed by atoms with E-state index in [-0.39, 0.29) is 50.1 Å². The van der Waals surface area contributed by atoms with Crippen LogP contribution >= 0.6 is 0 Å². The lowest BCUT2D eigenvalue weighted by Gasteiger charge is -2.32. The van der Waals surface area contributed by atoms with Gasteiger partial charge in [0.2, 0.25) is 76.8 Å². The molecule has 0 radical (unpaired) electrons. The SMILES string of the molecule is CC(=O)N[C@@H](Cc1ccc(O)cc1)C(=O)N[C@@H](CO)C(=O)N[C@@H](CO)C(=O)N[C@@H](CC(=O)O)C(=O)N[C@H](C(=O)N[C@H](C(=O)N1CCC[C@H]1C(=O)N[C@@H](C)C(=O)N[C@@H](C)C(=O)N[C@@H](Cc1ccccc1)C(=O)N[C@@H](C)C(=O)N[C@@H](Cc1ccc(O)cc1)C(N)=O)[C@@H](C)O)[C@@H](C)O. The van der Waals surface area contributed by atoms with Crippen molar-refractivity contribution in [3.63, 3.8) is 0 Å². The first-order valence-electron chi connectivity index (χ1n) is 30.0. The molecule has 1 aliphatic heterocycles. The topological polar surface area (TPSA) is 542 Å². The van der Waals surface area contributed by atoms with Gasteiger partial charge in [-0.25, -0.2) is 0 Å². The van der Waals surface area contributed by atoms with Crippen molar-refractivity contribution in [2.45, 2.75) is 165 Å². The molecule has 0 unspecified atom stereocenters. The summed E-state index contributed by atoms with van der Waals surface area (Å²) in [7, 11) is 0. The van der Waals surface area contributed by atoms with Crippen molar-refractivity contribution in [3.05, 3.63) is 95.6 Å². The van der Waals surface area contributed by atoms with Gasteiger partial charge in [-0.1, -0.05) is 54.6 Å². The Balaban J connectivity index is 1.37. The summed E-state index contributed by atoms with van der Waals surface area (Å²) in [6.07, 6.45) is -4.87. The number of aliphatic carboxylic acids is 1. The van der Waals surface area contributed by atoms with Crippen LogP contribution in [0.25, 0.3) is 0 Å². The summed E-state index contributed by atoms with van der Waals surface area (Å²) in [5, 5.41) is 96.0. The minimum absolute atomic E-state index is 0.00763. The molecule has 34 heteroatoms. The number of nitrogens with two attached hydrogens (primary N) is 1. The van der Waals surface area contributed by atoms with Crippen molar-refractivity contribution in [2.75, 3.05) is 19.8 Å². The number of amides is 13. The summed E-state index contributed by atoms with van der Waals surface area (Å²) in [6, 6.07) is 0.718. The molecule has 1 fully saturated rings. The highest BCUT2D eigenvalue weighted by Crippen LogP contribution is 2.21. The average Bonchev–Trinajstić information content (AvgIpc) is 1.75. The Morgan fingerprint density at radius 3 is 1.31 bits per heavy atom. The molecule has 4 rings (SSSR count). The number of aromatic hydroxyl groups is 2. The van der Waals surface area contributed by atoms with E-state index in [1.54, 1.807) is 30.3 Å². The first kappa shape index (κ1) is 77.1. The fourth-order valence-corrected chi connectivity index (χ4v) is 9.59. The maximum absolute atomic E-state index is 14.2. The summed E-state index contributed by atoms with van der Waals surface area (Å²) >= 11 is 0. The van der Waals surface area contributed by atoms with Crippen molar-refractivity contribution in [1.29, 1.82) is 0 Å². The number of phenolic OH excluding ortho intramolecular Hbond substituents is 2. The van der Waals surface area contributed by atoms with Gasteiger partial charge in [-0.05, 0) is 88.4 Å². The normalized spacial score (nSPS) is 16.7. The maximum atomic E-state index is 14.2. The number of carboxylic acids is 1. The summed E-state index contributed by atoms with van der Waals surface area (Å²) in [4.78, 5) is 187. The van der Waals surface area contributed by atoms with E-state index in [1.165, 1.54) is 69.3 Å². The van der Waals surface area contributed by atoms with Crippen molar-refractivity contribution in [1.82, 2.24) is 63.4 Å². The Morgan fingerprint density at radius 1 is 0.463 bits per heavy atom. The molecule has 20 N–H and O–H groups in total. The first-order chi connectivity index (χ1) is 44.7. The molecule has 3 aromatic rings.